The van der Waals surface area contributed by atoms with Crippen molar-refractivity contribution in [2.75, 3.05) is 26.3 Å². The van der Waals surface area contributed by atoms with Gasteiger partial charge in [-0.15, -0.1) is 0 Å². The molecule has 0 bridgehead atoms. The summed E-state index contributed by atoms with van der Waals surface area (Å²) in [7, 11) is 0. The van der Waals surface area contributed by atoms with Crippen molar-refractivity contribution in [3.63, 3.8) is 0 Å². The van der Waals surface area contributed by atoms with E-state index in [2.05, 4.69) is 4.90 Å². The predicted octanol–water partition coefficient (Wildman–Crippen LogP) is 2.19. The van der Waals surface area contributed by atoms with Gasteiger partial charge in [0.15, 0.2) is 0 Å². The topological polar surface area (TPSA) is 49.8 Å². The number of carboxylic acids is 1. The Morgan fingerprint density at radius 1 is 1.33 bits per heavy atom. The predicted molar refractivity (Wildman–Crippen MR) is 68.8 cm³/mol. The molecule has 1 aromatic carbocycles. The Hall–Kier alpha value is -1.10. The Kier molecular flexibility index (Phi) is 4.58. The van der Waals surface area contributed by atoms with Crippen LogP contribution in [0.4, 0.5) is 0 Å². The maximum Gasteiger partial charge on any atom is 0.305 e. The van der Waals surface area contributed by atoms with E-state index in [0.29, 0.717) is 18.2 Å². The van der Waals surface area contributed by atoms with Crippen LogP contribution in [0.3, 0.4) is 0 Å². The number of benzene rings is 1. The van der Waals surface area contributed by atoms with Crippen molar-refractivity contribution in [3.05, 3.63) is 34.9 Å². The molecule has 5 heteroatoms. The molecule has 0 amide bonds. The van der Waals surface area contributed by atoms with E-state index in [0.717, 1.165) is 18.7 Å². The third-order valence-electron chi connectivity index (χ3n) is 3.11. The van der Waals surface area contributed by atoms with Crippen LogP contribution in [0.5, 0.6) is 0 Å². The highest BCUT2D eigenvalue weighted by atomic mass is 35.5. The van der Waals surface area contributed by atoms with Crippen LogP contribution < -0.4 is 0 Å². The number of carboxylic acid groups (broad SMARTS) is 1. The highest BCUT2D eigenvalue weighted by Crippen LogP contribution is 2.26. The molecule has 0 aromatic heterocycles. The van der Waals surface area contributed by atoms with E-state index in [4.69, 9.17) is 21.4 Å². The van der Waals surface area contributed by atoms with Gasteiger partial charge < -0.3 is 9.84 Å². The molecule has 1 aliphatic rings. The molecule has 1 saturated heterocycles. The molecule has 4 nitrogen and oxygen atoms in total. The molecule has 1 N–H and O–H groups in total. The molecule has 98 valence electrons. The molecule has 2 rings (SSSR count). The quantitative estimate of drug-likeness (QED) is 0.910. The number of halogens is 1. The standard InChI is InChI=1S/C13H16ClNO3/c14-11-3-1-10(2-4-11)12(9-13(16)17)15-5-7-18-8-6-15/h1-4,12H,5-9H2,(H,16,17). The van der Waals surface area contributed by atoms with E-state index in [1.165, 1.54) is 0 Å². The van der Waals surface area contributed by atoms with E-state index < -0.39 is 5.97 Å². The average Bonchev–Trinajstić information content (AvgIpc) is 2.38. The summed E-state index contributed by atoms with van der Waals surface area (Å²) in [6, 6.07) is 7.28. The van der Waals surface area contributed by atoms with E-state index >= 15 is 0 Å². The summed E-state index contributed by atoms with van der Waals surface area (Å²) in [5.41, 5.74) is 0.990. The maximum absolute atomic E-state index is 11.0. The van der Waals surface area contributed by atoms with Crippen LogP contribution in [0.2, 0.25) is 5.02 Å². The number of morpholine rings is 1. The molecule has 1 aliphatic heterocycles. The van der Waals surface area contributed by atoms with Crippen LogP contribution in [0, 0.1) is 0 Å². The summed E-state index contributed by atoms with van der Waals surface area (Å²) in [5, 5.41) is 9.71. The second-order valence-corrected chi connectivity index (χ2v) is 4.75. The van der Waals surface area contributed by atoms with Gasteiger partial charge in [-0.1, -0.05) is 23.7 Å². The van der Waals surface area contributed by atoms with Crippen molar-refractivity contribution in [3.8, 4) is 0 Å². The van der Waals surface area contributed by atoms with Crippen molar-refractivity contribution in [1.82, 2.24) is 4.90 Å². The summed E-state index contributed by atoms with van der Waals surface area (Å²) < 4.78 is 5.30. The number of hydrogen-bond donors (Lipinski definition) is 1. The lowest BCUT2D eigenvalue weighted by Gasteiger charge is -2.34. The van der Waals surface area contributed by atoms with E-state index in [-0.39, 0.29) is 12.5 Å². The average molecular weight is 270 g/mol. The van der Waals surface area contributed by atoms with Crippen molar-refractivity contribution in [2.24, 2.45) is 0 Å². The number of nitrogens with zero attached hydrogens (tertiary/aromatic N) is 1. The Labute approximate surface area is 111 Å². The van der Waals surface area contributed by atoms with Crippen molar-refractivity contribution in [1.29, 1.82) is 0 Å². The van der Waals surface area contributed by atoms with Gasteiger partial charge in [-0.2, -0.15) is 0 Å². The number of carbonyl (C=O) groups is 1. The van der Waals surface area contributed by atoms with Gasteiger partial charge in [-0.3, -0.25) is 9.69 Å². The number of hydrogen-bond acceptors (Lipinski definition) is 3. The normalized spacial score (nSPS) is 18.5. The Morgan fingerprint density at radius 3 is 2.50 bits per heavy atom. The maximum atomic E-state index is 11.0. The first-order chi connectivity index (χ1) is 8.66. The molecule has 1 fully saturated rings. The molecule has 0 radical (unpaired) electrons. The van der Waals surface area contributed by atoms with Crippen LogP contribution >= 0.6 is 11.6 Å². The highest BCUT2D eigenvalue weighted by molar-refractivity contribution is 6.30. The van der Waals surface area contributed by atoms with Crippen LogP contribution in [0.1, 0.15) is 18.0 Å². The monoisotopic (exact) mass is 269 g/mol. The molecular formula is C13H16ClNO3. The van der Waals surface area contributed by atoms with Gasteiger partial charge in [0.05, 0.1) is 19.6 Å². The summed E-state index contributed by atoms with van der Waals surface area (Å²) in [4.78, 5) is 13.2. The molecule has 0 saturated carbocycles. The second kappa shape index (κ2) is 6.18. The van der Waals surface area contributed by atoms with Gasteiger partial charge in [0.2, 0.25) is 0 Å². The molecule has 0 aliphatic carbocycles. The van der Waals surface area contributed by atoms with E-state index in [1.807, 2.05) is 12.1 Å². The fourth-order valence-electron chi connectivity index (χ4n) is 2.20. The van der Waals surface area contributed by atoms with Gasteiger partial charge in [0.25, 0.3) is 0 Å². The fraction of sp³-hybridized carbons (Fsp3) is 0.462. The Morgan fingerprint density at radius 2 is 1.94 bits per heavy atom. The zero-order valence-electron chi connectivity index (χ0n) is 10.0. The molecule has 1 heterocycles. The molecule has 1 aromatic rings. The molecular weight excluding hydrogens is 254 g/mol. The third-order valence-corrected chi connectivity index (χ3v) is 3.36. The first kappa shape index (κ1) is 13.3. The van der Waals surface area contributed by atoms with Crippen LogP contribution in [0.25, 0.3) is 0 Å². The minimum Gasteiger partial charge on any atom is -0.481 e. The van der Waals surface area contributed by atoms with Crippen LogP contribution in [-0.2, 0) is 9.53 Å². The van der Waals surface area contributed by atoms with Crippen molar-refractivity contribution >= 4 is 17.6 Å². The zero-order valence-corrected chi connectivity index (χ0v) is 10.8. The third kappa shape index (κ3) is 3.45. The highest BCUT2D eigenvalue weighted by Gasteiger charge is 2.24. The number of rotatable bonds is 4. The summed E-state index contributed by atoms with van der Waals surface area (Å²) in [6.45, 7) is 2.84. The van der Waals surface area contributed by atoms with Gasteiger partial charge in [-0.25, -0.2) is 0 Å². The van der Waals surface area contributed by atoms with E-state index in [9.17, 15) is 4.79 Å². The second-order valence-electron chi connectivity index (χ2n) is 4.31. The SMILES string of the molecule is O=C(O)CC(c1ccc(Cl)cc1)N1CCOCC1. The molecule has 18 heavy (non-hydrogen) atoms. The van der Waals surface area contributed by atoms with Crippen molar-refractivity contribution < 1.29 is 14.6 Å². The largest absolute Gasteiger partial charge is 0.481 e. The number of aliphatic carboxylic acids is 1. The fourth-order valence-corrected chi connectivity index (χ4v) is 2.32. The smallest absolute Gasteiger partial charge is 0.305 e. The lowest BCUT2D eigenvalue weighted by atomic mass is 10.0. The summed E-state index contributed by atoms with van der Waals surface area (Å²) in [6.07, 6.45) is 0.0988. The van der Waals surface area contributed by atoms with Gasteiger partial charge in [0, 0.05) is 24.2 Å². The zero-order chi connectivity index (χ0) is 13.0. The van der Waals surface area contributed by atoms with Gasteiger partial charge in [-0.05, 0) is 17.7 Å². The summed E-state index contributed by atoms with van der Waals surface area (Å²) in [5.74, 6) is -0.790. The Balaban J connectivity index is 2.17. The minimum absolute atomic E-state index is 0.0988. The molecule has 0 spiro atoms. The van der Waals surface area contributed by atoms with Gasteiger partial charge in [0.1, 0.15) is 0 Å². The molecule has 1 atom stereocenters. The lowest BCUT2D eigenvalue weighted by molar-refractivity contribution is -0.139. The number of ether oxygens (including phenoxy) is 1. The first-order valence-corrected chi connectivity index (χ1v) is 6.33. The minimum atomic E-state index is -0.790. The van der Waals surface area contributed by atoms with Gasteiger partial charge >= 0.3 is 5.97 Å². The summed E-state index contributed by atoms with van der Waals surface area (Å²) >= 11 is 5.86. The van der Waals surface area contributed by atoms with Crippen LogP contribution in [-0.4, -0.2) is 42.3 Å². The molecule has 1 unspecified atom stereocenters. The van der Waals surface area contributed by atoms with Crippen LogP contribution in [0.15, 0.2) is 24.3 Å². The van der Waals surface area contributed by atoms with E-state index in [1.54, 1.807) is 12.1 Å². The lowest BCUT2D eigenvalue weighted by Crippen LogP contribution is -2.39. The Bertz CT molecular complexity index is 401. The van der Waals surface area contributed by atoms with Crippen molar-refractivity contribution in [2.45, 2.75) is 12.5 Å². The first-order valence-electron chi connectivity index (χ1n) is 5.96.